The van der Waals surface area contributed by atoms with Gasteiger partial charge in [0.2, 0.25) is 0 Å². The lowest BCUT2D eigenvalue weighted by molar-refractivity contribution is 0.0330. The first-order chi connectivity index (χ1) is 23.3. The van der Waals surface area contributed by atoms with Gasteiger partial charge in [-0.2, -0.15) is 0 Å². The van der Waals surface area contributed by atoms with Crippen LogP contribution in [0, 0.1) is 0 Å². The lowest BCUT2D eigenvalue weighted by Crippen LogP contribution is -2.15. The molecule has 0 aliphatic heterocycles. The van der Waals surface area contributed by atoms with Crippen LogP contribution in [0.3, 0.4) is 0 Å². The molecule has 1 heteroatoms. The van der Waals surface area contributed by atoms with Crippen LogP contribution in [0.2, 0.25) is 0 Å². The number of hydrogen-bond acceptors (Lipinski definition) is 1. The predicted molar refractivity (Wildman–Crippen MR) is 196 cm³/mol. The van der Waals surface area contributed by atoms with Crippen molar-refractivity contribution in [1.29, 1.82) is 0 Å². The molecule has 0 bridgehead atoms. The molecule has 0 amide bonds. The van der Waals surface area contributed by atoms with Crippen LogP contribution in [0.1, 0.15) is 34.5 Å². The van der Waals surface area contributed by atoms with Crippen LogP contribution in [-0.4, -0.2) is 0 Å². The second-order valence-corrected chi connectivity index (χ2v) is 11.9. The Morgan fingerprint density at radius 2 is 0.617 bits per heavy atom. The molecular formula is C46H34O. The molecule has 224 valence electrons. The van der Waals surface area contributed by atoms with Crippen LogP contribution in [0.25, 0.3) is 43.8 Å². The maximum Gasteiger partial charge on any atom is 0.110 e. The van der Waals surface area contributed by atoms with Crippen molar-refractivity contribution in [2.45, 2.75) is 12.2 Å². The molecule has 2 atom stereocenters. The quantitative estimate of drug-likeness (QED) is 0.168. The Kier molecular flexibility index (Phi) is 7.89. The van der Waals surface area contributed by atoms with Gasteiger partial charge in [-0.3, -0.25) is 0 Å². The van der Waals surface area contributed by atoms with E-state index in [2.05, 4.69) is 194 Å². The molecule has 8 aromatic carbocycles. The molecule has 2 unspecified atom stereocenters. The van der Waals surface area contributed by atoms with Gasteiger partial charge < -0.3 is 4.74 Å². The summed E-state index contributed by atoms with van der Waals surface area (Å²) in [7, 11) is 0. The third kappa shape index (κ3) is 5.63. The van der Waals surface area contributed by atoms with E-state index in [0.717, 1.165) is 22.3 Å². The van der Waals surface area contributed by atoms with Crippen LogP contribution in [0.4, 0.5) is 0 Å². The Morgan fingerprint density at radius 3 is 1.09 bits per heavy atom. The van der Waals surface area contributed by atoms with E-state index < -0.39 is 0 Å². The normalized spacial score (nSPS) is 12.6. The second-order valence-electron chi connectivity index (χ2n) is 11.9. The van der Waals surface area contributed by atoms with E-state index in [9.17, 15) is 0 Å². The van der Waals surface area contributed by atoms with E-state index in [-0.39, 0.29) is 12.2 Å². The lowest BCUT2D eigenvalue weighted by Gasteiger charge is -2.30. The molecule has 0 radical (unpaired) electrons. The molecule has 0 spiro atoms. The fourth-order valence-electron chi connectivity index (χ4n) is 6.94. The van der Waals surface area contributed by atoms with Gasteiger partial charge in [-0.15, -0.1) is 0 Å². The average molecular weight is 603 g/mol. The van der Waals surface area contributed by atoms with Crippen LogP contribution in [0.5, 0.6) is 0 Å². The smallest absolute Gasteiger partial charge is 0.110 e. The molecule has 0 aromatic heterocycles. The Balaban J connectivity index is 1.40. The third-order valence-corrected chi connectivity index (χ3v) is 9.14. The molecule has 0 N–H and O–H groups in total. The molecule has 8 aromatic rings. The first kappa shape index (κ1) is 28.7. The fraction of sp³-hybridized carbons (Fsp3) is 0.0435. The summed E-state index contributed by atoms with van der Waals surface area (Å²) in [5.41, 5.74) is 9.24. The summed E-state index contributed by atoms with van der Waals surface area (Å²) in [5.74, 6) is 0. The summed E-state index contributed by atoms with van der Waals surface area (Å²) in [4.78, 5) is 0. The molecule has 0 saturated carbocycles. The van der Waals surface area contributed by atoms with E-state index in [1.54, 1.807) is 0 Å². The highest BCUT2D eigenvalue weighted by molar-refractivity contribution is 5.88. The van der Waals surface area contributed by atoms with E-state index in [1.165, 1.54) is 43.8 Å². The van der Waals surface area contributed by atoms with Gasteiger partial charge >= 0.3 is 0 Å². The highest BCUT2D eigenvalue weighted by Gasteiger charge is 2.29. The number of benzene rings is 8. The zero-order chi connectivity index (χ0) is 31.4. The summed E-state index contributed by atoms with van der Waals surface area (Å²) in [6, 6.07) is 69.2. The first-order valence-electron chi connectivity index (χ1n) is 16.2. The molecule has 0 heterocycles. The number of rotatable bonds is 8. The summed E-state index contributed by atoms with van der Waals surface area (Å²) in [6.07, 6.45) is -0.740. The molecule has 0 aliphatic rings. The van der Waals surface area contributed by atoms with Crippen molar-refractivity contribution < 1.29 is 4.74 Å². The van der Waals surface area contributed by atoms with E-state index in [1.807, 2.05) is 0 Å². The highest BCUT2D eigenvalue weighted by Crippen LogP contribution is 2.45. The Morgan fingerprint density at radius 1 is 0.277 bits per heavy atom. The number of ether oxygens (including phenoxy) is 1. The van der Waals surface area contributed by atoms with E-state index in [0.29, 0.717) is 0 Å². The van der Waals surface area contributed by atoms with Crippen molar-refractivity contribution in [2.75, 3.05) is 0 Å². The van der Waals surface area contributed by atoms with Crippen molar-refractivity contribution in [3.63, 3.8) is 0 Å². The standard InChI is InChI=1S/C46H34O/c1-3-17-33(18-4-1)37-27-11-13-29-41(37)45(43-31-15-23-35-21-7-9-25-39(35)43)47-46(44-32-16-24-36-22-8-10-26-40(36)44)42-30-14-12-28-38(42)34-19-5-2-6-20-34/h1-32,45-46H. The minimum atomic E-state index is -0.370. The van der Waals surface area contributed by atoms with Crippen molar-refractivity contribution >= 4 is 21.5 Å². The third-order valence-electron chi connectivity index (χ3n) is 9.14. The van der Waals surface area contributed by atoms with Gasteiger partial charge in [0.1, 0.15) is 12.2 Å². The predicted octanol–water partition coefficient (Wildman–Crippen LogP) is 12.2. The molecule has 1 nitrogen and oxygen atoms in total. The molecule has 0 aliphatic carbocycles. The monoisotopic (exact) mass is 602 g/mol. The van der Waals surface area contributed by atoms with Crippen LogP contribution < -0.4 is 0 Å². The fourth-order valence-corrected chi connectivity index (χ4v) is 6.94. The van der Waals surface area contributed by atoms with Crippen LogP contribution in [0.15, 0.2) is 194 Å². The maximum atomic E-state index is 7.74. The maximum absolute atomic E-state index is 7.74. The minimum Gasteiger partial charge on any atom is -0.356 e. The second kappa shape index (κ2) is 12.9. The van der Waals surface area contributed by atoms with Gasteiger partial charge in [0.05, 0.1) is 0 Å². The topological polar surface area (TPSA) is 9.23 Å². The highest BCUT2D eigenvalue weighted by atomic mass is 16.5. The van der Waals surface area contributed by atoms with Crippen molar-refractivity contribution in [2.24, 2.45) is 0 Å². The lowest BCUT2D eigenvalue weighted by atomic mass is 9.88. The van der Waals surface area contributed by atoms with Crippen LogP contribution in [-0.2, 0) is 4.74 Å². The van der Waals surface area contributed by atoms with Crippen molar-refractivity contribution in [1.82, 2.24) is 0 Å². The van der Waals surface area contributed by atoms with Gasteiger partial charge in [0.15, 0.2) is 0 Å². The molecular weight excluding hydrogens is 569 g/mol. The minimum absolute atomic E-state index is 0.370. The Labute approximate surface area is 276 Å². The molecule has 0 fully saturated rings. The van der Waals surface area contributed by atoms with Crippen molar-refractivity contribution in [3.05, 3.63) is 216 Å². The number of hydrogen-bond donors (Lipinski definition) is 0. The number of fused-ring (bicyclic) bond motifs is 2. The SMILES string of the molecule is c1ccc(-c2ccccc2C(OC(c2ccccc2-c2ccccc2)c2cccc3ccccc23)c2cccc3ccccc23)cc1. The van der Waals surface area contributed by atoms with Gasteiger partial charge in [-0.05, 0) is 66.1 Å². The Bertz CT molecular complexity index is 2110. The largest absolute Gasteiger partial charge is 0.356 e. The summed E-state index contributed by atoms with van der Waals surface area (Å²) < 4.78 is 7.74. The average Bonchev–Trinajstić information content (AvgIpc) is 3.16. The van der Waals surface area contributed by atoms with Crippen LogP contribution >= 0.6 is 0 Å². The van der Waals surface area contributed by atoms with Crippen molar-refractivity contribution in [3.8, 4) is 22.3 Å². The molecule has 8 rings (SSSR count). The first-order valence-corrected chi connectivity index (χ1v) is 16.2. The van der Waals surface area contributed by atoms with E-state index >= 15 is 0 Å². The summed E-state index contributed by atoms with van der Waals surface area (Å²) in [6.45, 7) is 0. The van der Waals surface area contributed by atoms with E-state index in [4.69, 9.17) is 4.74 Å². The van der Waals surface area contributed by atoms with Gasteiger partial charge in [-0.25, -0.2) is 0 Å². The van der Waals surface area contributed by atoms with Gasteiger partial charge in [0, 0.05) is 0 Å². The summed E-state index contributed by atoms with van der Waals surface area (Å²) in [5, 5.41) is 4.77. The Hall–Kier alpha value is -5.76. The molecule has 47 heavy (non-hydrogen) atoms. The van der Waals surface area contributed by atoms with Gasteiger partial charge in [-0.1, -0.05) is 194 Å². The summed E-state index contributed by atoms with van der Waals surface area (Å²) >= 11 is 0. The zero-order valence-corrected chi connectivity index (χ0v) is 26.0. The molecule has 0 saturated heterocycles. The zero-order valence-electron chi connectivity index (χ0n) is 26.0. The van der Waals surface area contributed by atoms with Gasteiger partial charge in [0.25, 0.3) is 0 Å².